The van der Waals surface area contributed by atoms with Gasteiger partial charge in [0.2, 0.25) is 0 Å². The van der Waals surface area contributed by atoms with Gasteiger partial charge in [0, 0.05) is 12.0 Å². The smallest absolute Gasteiger partial charge is 0.343 e. The number of esters is 1. The highest BCUT2D eigenvalue weighted by Crippen LogP contribution is 2.37. The quantitative estimate of drug-likeness (QED) is 0.758. The maximum Gasteiger partial charge on any atom is 0.343 e. The molecule has 1 aliphatic rings. The number of carbonyl (C=O) groups is 1. The Labute approximate surface area is 118 Å². The Bertz CT molecular complexity index is 795. The predicted molar refractivity (Wildman–Crippen MR) is 68.2 cm³/mol. The second-order valence-electron chi connectivity index (χ2n) is 4.83. The molecule has 0 saturated carbocycles. The van der Waals surface area contributed by atoms with E-state index in [1.165, 1.54) is 12.1 Å². The minimum Gasteiger partial charge on any atom is -0.428 e. The maximum atomic E-state index is 13.4. The lowest BCUT2D eigenvalue weighted by atomic mass is 9.87. The first kappa shape index (κ1) is 13.5. The summed E-state index contributed by atoms with van der Waals surface area (Å²) in [7, 11) is 0. The third-order valence-electron chi connectivity index (χ3n) is 3.36. The second kappa shape index (κ2) is 4.80. The Hall–Kier alpha value is -2.50. The van der Waals surface area contributed by atoms with Gasteiger partial charge < -0.3 is 9.15 Å². The zero-order valence-electron chi connectivity index (χ0n) is 11.0. The Balaban J connectivity index is 2.19. The van der Waals surface area contributed by atoms with Crippen LogP contribution >= 0.6 is 0 Å². The van der Waals surface area contributed by atoms with Crippen molar-refractivity contribution in [3.8, 4) is 5.75 Å². The van der Waals surface area contributed by atoms with E-state index in [4.69, 9.17) is 9.15 Å². The fraction of sp³-hybridized carbons (Fsp3) is 0.200. The number of hydrogen-bond donors (Lipinski definition) is 0. The Morgan fingerprint density at radius 2 is 1.90 bits per heavy atom. The van der Waals surface area contributed by atoms with Crippen LogP contribution in [0.1, 0.15) is 29.2 Å². The summed E-state index contributed by atoms with van der Waals surface area (Å²) in [6.45, 7) is 1.55. The molecule has 0 N–H and O–H groups in total. The van der Waals surface area contributed by atoms with Crippen LogP contribution in [0.25, 0.3) is 0 Å². The molecule has 1 atom stereocenters. The molecule has 1 aromatic carbocycles. The van der Waals surface area contributed by atoms with Gasteiger partial charge in [0.25, 0.3) is 0 Å². The number of ether oxygens (including phenoxy) is 1. The van der Waals surface area contributed by atoms with E-state index in [2.05, 4.69) is 0 Å². The molecule has 2 aromatic rings. The van der Waals surface area contributed by atoms with Crippen molar-refractivity contribution in [2.45, 2.75) is 19.3 Å². The van der Waals surface area contributed by atoms with Crippen LogP contribution in [0.15, 0.2) is 33.5 Å². The summed E-state index contributed by atoms with van der Waals surface area (Å²) in [5.74, 6) is -2.87. The molecule has 0 fully saturated rings. The van der Waals surface area contributed by atoms with Crippen molar-refractivity contribution in [1.82, 2.24) is 0 Å². The van der Waals surface area contributed by atoms with Gasteiger partial charge >= 0.3 is 11.6 Å². The van der Waals surface area contributed by atoms with Crippen LogP contribution in [0.3, 0.4) is 0 Å². The minimum atomic E-state index is -1.04. The van der Waals surface area contributed by atoms with Crippen molar-refractivity contribution in [2.24, 2.45) is 0 Å². The van der Waals surface area contributed by atoms with Gasteiger partial charge in [0.1, 0.15) is 11.5 Å². The largest absolute Gasteiger partial charge is 0.428 e. The average Bonchev–Trinajstić information content (AvgIpc) is 2.40. The lowest BCUT2D eigenvalue weighted by Gasteiger charge is -2.23. The molecule has 0 unspecified atom stereocenters. The van der Waals surface area contributed by atoms with Gasteiger partial charge in [0.05, 0.1) is 12.0 Å². The molecule has 0 bridgehead atoms. The number of hydrogen-bond acceptors (Lipinski definition) is 4. The van der Waals surface area contributed by atoms with Crippen molar-refractivity contribution in [2.75, 3.05) is 0 Å². The number of benzene rings is 1. The summed E-state index contributed by atoms with van der Waals surface area (Å²) in [6.07, 6.45) is -0.133. The summed E-state index contributed by atoms with van der Waals surface area (Å²) in [6, 6.07) is 4.70. The normalized spacial score (nSPS) is 17.3. The van der Waals surface area contributed by atoms with Crippen molar-refractivity contribution in [3.05, 3.63) is 63.2 Å². The van der Waals surface area contributed by atoms with Crippen LogP contribution in [0, 0.1) is 18.6 Å². The molecule has 0 radical (unpaired) electrons. The Morgan fingerprint density at radius 3 is 2.62 bits per heavy atom. The molecule has 6 heteroatoms. The molecule has 4 nitrogen and oxygen atoms in total. The summed E-state index contributed by atoms with van der Waals surface area (Å²) in [5.41, 5.74) is -0.179. The van der Waals surface area contributed by atoms with Crippen LogP contribution in [0.2, 0.25) is 0 Å². The molecule has 21 heavy (non-hydrogen) atoms. The fourth-order valence-corrected chi connectivity index (χ4v) is 2.44. The number of halogens is 2. The molecular weight excluding hydrogens is 282 g/mol. The predicted octanol–water partition coefficient (Wildman–Crippen LogP) is 2.67. The van der Waals surface area contributed by atoms with Crippen molar-refractivity contribution in [1.29, 1.82) is 0 Å². The van der Waals surface area contributed by atoms with E-state index in [0.29, 0.717) is 11.3 Å². The minimum absolute atomic E-state index is 0.106. The maximum absolute atomic E-state index is 13.4. The van der Waals surface area contributed by atoms with E-state index in [0.717, 1.165) is 12.1 Å². The van der Waals surface area contributed by atoms with Crippen molar-refractivity contribution >= 4 is 5.97 Å². The molecule has 1 aliphatic heterocycles. The molecular formula is C15H10F2O4. The SMILES string of the molecule is Cc1cc2c(c(=O)o1)[C@@H](c1ccc(F)c(F)c1)CC(=O)O2. The zero-order valence-corrected chi connectivity index (χ0v) is 11.0. The number of rotatable bonds is 1. The van der Waals surface area contributed by atoms with E-state index in [9.17, 15) is 18.4 Å². The second-order valence-corrected chi connectivity index (χ2v) is 4.83. The highest BCUT2D eigenvalue weighted by atomic mass is 19.2. The van der Waals surface area contributed by atoms with Crippen LogP contribution in [-0.2, 0) is 4.79 Å². The first-order chi connectivity index (χ1) is 9.95. The fourth-order valence-electron chi connectivity index (χ4n) is 2.44. The van der Waals surface area contributed by atoms with Gasteiger partial charge in [-0.25, -0.2) is 13.6 Å². The lowest BCUT2D eigenvalue weighted by molar-refractivity contribution is -0.135. The third-order valence-corrected chi connectivity index (χ3v) is 3.36. The molecule has 0 saturated heterocycles. The standard InChI is InChI=1S/C15H10F2O4/c1-7-4-12-14(15(19)20-7)9(6-13(18)21-12)8-2-3-10(16)11(17)5-8/h2-5,9H,6H2,1H3/t9-/m1/s1. The molecule has 1 aromatic heterocycles. The Morgan fingerprint density at radius 1 is 1.14 bits per heavy atom. The van der Waals surface area contributed by atoms with Crippen molar-refractivity contribution in [3.63, 3.8) is 0 Å². The van der Waals surface area contributed by atoms with Crippen LogP contribution in [0.4, 0.5) is 8.78 Å². The van der Waals surface area contributed by atoms with Gasteiger partial charge in [-0.15, -0.1) is 0 Å². The highest BCUT2D eigenvalue weighted by molar-refractivity contribution is 5.77. The zero-order chi connectivity index (χ0) is 15.1. The summed E-state index contributed by atoms with van der Waals surface area (Å²) < 4.78 is 36.4. The number of aryl methyl sites for hydroxylation is 1. The highest BCUT2D eigenvalue weighted by Gasteiger charge is 2.32. The molecule has 0 spiro atoms. The first-order valence-corrected chi connectivity index (χ1v) is 6.26. The van der Waals surface area contributed by atoms with E-state index in [1.807, 2.05) is 0 Å². The topological polar surface area (TPSA) is 56.5 Å². The van der Waals surface area contributed by atoms with Gasteiger partial charge in [-0.2, -0.15) is 0 Å². The summed E-state index contributed by atoms with van der Waals surface area (Å²) in [4.78, 5) is 23.7. The van der Waals surface area contributed by atoms with Crippen LogP contribution in [0.5, 0.6) is 5.75 Å². The van der Waals surface area contributed by atoms with Crippen LogP contribution in [-0.4, -0.2) is 5.97 Å². The Kier molecular flexibility index (Phi) is 3.08. The molecule has 108 valence electrons. The van der Waals surface area contributed by atoms with Gasteiger partial charge in [0.15, 0.2) is 11.6 Å². The summed E-state index contributed by atoms with van der Waals surface area (Å²) >= 11 is 0. The monoisotopic (exact) mass is 292 g/mol. The van der Waals surface area contributed by atoms with E-state index < -0.39 is 29.1 Å². The van der Waals surface area contributed by atoms with E-state index in [-0.39, 0.29) is 17.7 Å². The number of carbonyl (C=O) groups excluding carboxylic acids is 1. The van der Waals surface area contributed by atoms with E-state index in [1.54, 1.807) is 6.92 Å². The number of fused-ring (bicyclic) bond motifs is 1. The van der Waals surface area contributed by atoms with Crippen molar-refractivity contribution < 1.29 is 22.7 Å². The van der Waals surface area contributed by atoms with Gasteiger partial charge in [-0.05, 0) is 24.6 Å². The summed E-state index contributed by atoms with van der Waals surface area (Å²) in [5, 5.41) is 0. The lowest BCUT2D eigenvalue weighted by Crippen LogP contribution is -2.26. The molecule has 2 heterocycles. The third kappa shape index (κ3) is 2.33. The van der Waals surface area contributed by atoms with Gasteiger partial charge in [-0.3, -0.25) is 4.79 Å². The molecule has 3 rings (SSSR count). The van der Waals surface area contributed by atoms with E-state index >= 15 is 0 Å². The van der Waals surface area contributed by atoms with Crippen LogP contribution < -0.4 is 10.4 Å². The average molecular weight is 292 g/mol. The van der Waals surface area contributed by atoms with Gasteiger partial charge in [-0.1, -0.05) is 6.07 Å². The first-order valence-electron chi connectivity index (χ1n) is 6.26. The molecule has 0 amide bonds. The molecule has 0 aliphatic carbocycles.